The van der Waals surface area contributed by atoms with E-state index in [2.05, 4.69) is 34.1 Å². The zero-order chi connectivity index (χ0) is 20.8. The summed E-state index contributed by atoms with van der Waals surface area (Å²) in [5.41, 5.74) is 2.25. The number of carboxylic acids is 1. The number of carbonyl (C=O) groups is 1. The van der Waals surface area contributed by atoms with Crippen molar-refractivity contribution in [3.8, 4) is 11.4 Å². The molecular weight excluding hydrogens is 395 g/mol. The van der Waals surface area contributed by atoms with Gasteiger partial charge in [0, 0.05) is 23.0 Å². The van der Waals surface area contributed by atoms with Crippen LogP contribution in [0.4, 0.5) is 15.9 Å². The smallest absolute Gasteiger partial charge is 0.339 e. The fourth-order valence-electron chi connectivity index (χ4n) is 3.55. The van der Waals surface area contributed by atoms with E-state index >= 15 is 0 Å². The van der Waals surface area contributed by atoms with Crippen molar-refractivity contribution in [3.05, 3.63) is 64.3 Å². The first-order valence-electron chi connectivity index (χ1n) is 9.03. The second-order valence-corrected chi connectivity index (χ2v) is 8.25. The predicted octanol–water partition coefficient (Wildman–Crippen LogP) is 4.90. The van der Waals surface area contributed by atoms with Crippen molar-refractivity contribution in [3.63, 3.8) is 0 Å². The van der Waals surface area contributed by atoms with E-state index in [-0.39, 0.29) is 22.4 Å². The number of nitrogens with zero attached hydrogens (tertiary/aromatic N) is 3. The SMILES string of the molecule is CC1(C)Cc2nc(-c3cc(Cl)ccc3F)nc(Nc3ccncc3C(=O)O)c2C1. The maximum atomic E-state index is 14.4. The highest BCUT2D eigenvalue weighted by Gasteiger charge is 2.33. The Kier molecular flexibility index (Phi) is 4.70. The van der Waals surface area contributed by atoms with Gasteiger partial charge in [-0.05, 0) is 42.5 Å². The van der Waals surface area contributed by atoms with E-state index in [1.165, 1.54) is 30.6 Å². The van der Waals surface area contributed by atoms with E-state index in [1.54, 1.807) is 6.07 Å². The molecule has 0 fully saturated rings. The zero-order valence-electron chi connectivity index (χ0n) is 15.8. The molecule has 3 aromatic rings. The standard InChI is InChI=1S/C21H18ClFN4O2/c1-21(2)8-13-17(9-21)26-18(12-7-11(22)3-4-15(12)23)27-19(13)25-16-5-6-24-10-14(16)20(28)29/h3-7,10H,8-9H2,1-2H3,(H,28,29)(H,24,25,26,27). The Morgan fingerprint density at radius 2 is 2.03 bits per heavy atom. The van der Waals surface area contributed by atoms with Gasteiger partial charge in [-0.1, -0.05) is 25.4 Å². The van der Waals surface area contributed by atoms with Crippen molar-refractivity contribution in [2.24, 2.45) is 5.41 Å². The number of hydrogen-bond acceptors (Lipinski definition) is 5. The lowest BCUT2D eigenvalue weighted by molar-refractivity contribution is 0.0697. The maximum Gasteiger partial charge on any atom is 0.339 e. The van der Waals surface area contributed by atoms with Gasteiger partial charge in [-0.25, -0.2) is 19.2 Å². The molecule has 4 rings (SSSR count). The average molecular weight is 413 g/mol. The van der Waals surface area contributed by atoms with E-state index in [0.717, 1.165) is 17.7 Å². The van der Waals surface area contributed by atoms with Crippen LogP contribution in [0.15, 0.2) is 36.7 Å². The van der Waals surface area contributed by atoms with Crippen LogP contribution < -0.4 is 5.32 Å². The van der Waals surface area contributed by atoms with Gasteiger partial charge in [0.15, 0.2) is 5.82 Å². The molecule has 0 unspecified atom stereocenters. The molecule has 2 aromatic heterocycles. The first-order valence-corrected chi connectivity index (χ1v) is 9.41. The summed E-state index contributed by atoms with van der Waals surface area (Å²) in [4.78, 5) is 24.6. The molecule has 2 heterocycles. The first kappa shape index (κ1) is 19.3. The Morgan fingerprint density at radius 1 is 1.24 bits per heavy atom. The van der Waals surface area contributed by atoms with E-state index in [4.69, 9.17) is 11.6 Å². The summed E-state index contributed by atoms with van der Waals surface area (Å²) in [6, 6.07) is 5.79. The Hall–Kier alpha value is -3.06. The molecule has 0 bridgehead atoms. The van der Waals surface area contributed by atoms with Crippen LogP contribution in [0.2, 0.25) is 5.02 Å². The van der Waals surface area contributed by atoms with E-state index in [0.29, 0.717) is 22.9 Å². The van der Waals surface area contributed by atoms with Gasteiger partial charge in [-0.2, -0.15) is 0 Å². The molecule has 6 nitrogen and oxygen atoms in total. The highest BCUT2D eigenvalue weighted by molar-refractivity contribution is 6.30. The quantitative estimate of drug-likeness (QED) is 0.633. The largest absolute Gasteiger partial charge is 0.478 e. The predicted molar refractivity (Wildman–Crippen MR) is 108 cm³/mol. The number of nitrogens with one attached hydrogen (secondary N) is 1. The van der Waals surface area contributed by atoms with Crippen molar-refractivity contribution < 1.29 is 14.3 Å². The van der Waals surface area contributed by atoms with Crippen molar-refractivity contribution in [2.75, 3.05) is 5.32 Å². The van der Waals surface area contributed by atoms with E-state index in [1.807, 2.05) is 0 Å². The third-order valence-corrected chi connectivity index (χ3v) is 5.10. The third-order valence-electron chi connectivity index (χ3n) is 4.87. The number of aromatic carboxylic acids is 1. The highest BCUT2D eigenvalue weighted by atomic mass is 35.5. The Morgan fingerprint density at radius 3 is 2.79 bits per heavy atom. The topological polar surface area (TPSA) is 88.0 Å². The minimum atomic E-state index is -1.10. The van der Waals surface area contributed by atoms with Gasteiger partial charge in [0.2, 0.25) is 0 Å². The number of pyridine rings is 1. The molecule has 0 aliphatic heterocycles. The van der Waals surface area contributed by atoms with Gasteiger partial charge < -0.3 is 10.4 Å². The summed E-state index contributed by atoms with van der Waals surface area (Å²) in [6.07, 6.45) is 4.19. The highest BCUT2D eigenvalue weighted by Crippen LogP contribution is 2.40. The molecule has 0 radical (unpaired) electrons. The van der Waals surface area contributed by atoms with Gasteiger partial charge >= 0.3 is 5.97 Å². The Labute approximate surface area is 171 Å². The third kappa shape index (κ3) is 3.78. The van der Waals surface area contributed by atoms with Crippen molar-refractivity contribution in [1.82, 2.24) is 15.0 Å². The molecule has 0 spiro atoms. The number of rotatable bonds is 4. The summed E-state index contributed by atoms with van der Waals surface area (Å²) < 4.78 is 14.4. The molecule has 0 saturated heterocycles. The fraction of sp³-hybridized carbons (Fsp3) is 0.238. The molecule has 0 saturated carbocycles. The molecule has 1 aromatic carbocycles. The Bertz CT molecular complexity index is 1130. The number of hydrogen-bond donors (Lipinski definition) is 2. The second-order valence-electron chi connectivity index (χ2n) is 7.81. The average Bonchev–Trinajstić information content (AvgIpc) is 2.98. The summed E-state index contributed by atoms with van der Waals surface area (Å²) in [5.74, 6) is -0.918. The molecule has 1 aliphatic carbocycles. The summed E-state index contributed by atoms with van der Waals surface area (Å²) in [5, 5.41) is 12.9. The van der Waals surface area contributed by atoms with Crippen molar-refractivity contribution in [1.29, 1.82) is 0 Å². The number of aromatic nitrogens is 3. The number of anilines is 2. The number of benzene rings is 1. The van der Waals surface area contributed by atoms with Crippen LogP contribution in [-0.4, -0.2) is 26.0 Å². The number of halogens is 2. The lowest BCUT2D eigenvalue weighted by Gasteiger charge is -2.15. The molecule has 0 amide bonds. The van der Waals surface area contributed by atoms with Crippen LogP contribution in [0.1, 0.15) is 35.5 Å². The van der Waals surface area contributed by atoms with Gasteiger partial charge in [0.05, 0.1) is 16.9 Å². The van der Waals surface area contributed by atoms with E-state index in [9.17, 15) is 14.3 Å². The van der Waals surface area contributed by atoms with Crippen LogP contribution >= 0.6 is 11.6 Å². The summed E-state index contributed by atoms with van der Waals surface area (Å²) >= 11 is 6.04. The molecule has 8 heteroatoms. The molecule has 0 atom stereocenters. The van der Waals surface area contributed by atoms with Gasteiger partial charge in [0.25, 0.3) is 0 Å². The first-order chi connectivity index (χ1) is 13.7. The molecule has 1 aliphatic rings. The van der Waals surface area contributed by atoms with Gasteiger partial charge in [-0.3, -0.25) is 4.98 Å². The second kappa shape index (κ2) is 7.08. The monoisotopic (exact) mass is 412 g/mol. The van der Waals surface area contributed by atoms with Crippen molar-refractivity contribution in [2.45, 2.75) is 26.7 Å². The van der Waals surface area contributed by atoms with Crippen LogP contribution in [-0.2, 0) is 12.8 Å². The lowest BCUT2D eigenvalue weighted by Crippen LogP contribution is -2.10. The van der Waals surface area contributed by atoms with Crippen LogP contribution in [0.25, 0.3) is 11.4 Å². The summed E-state index contributed by atoms with van der Waals surface area (Å²) in [6.45, 7) is 4.24. The van der Waals surface area contributed by atoms with Crippen molar-refractivity contribution >= 4 is 29.1 Å². The fourth-order valence-corrected chi connectivity index (χ4v) is 3.72. The number of carboxylic acid groups (broad SMARTS) is 1. The minimum Gasteiger partial charge on any atom is -0.478 e. The van der Waals surface area contributed by atoms with Crippen LogP contribution in [0.3, 0.4) is 0 Å². The lowest BCUT2D eigenvalue weighted by atomic mass is 9.90. The Balaban J connectivity index is 1.87. The molecule has 29 heavy (non-hydrogen) atoms. The molecule has 2 N–H and O–H groups in total. The van der Waals surface area contributed by atoms with Gasteiger partial charge in [0.1, 0.15) is 17.2 Å². The minimum absolute atomic E-state index is 0.0209. The zero-order valence-corrected chi connectivity index (χ0v) is 16.6. The summed E-state index contributed by atoms with van der Waals surface area (Å²) in [7, 11) is 0. The van der Waals surface area contributed by atoms with E-state index < -0.39 is 11.8 Å². The van der Waals surface area contributed by atoms with Gasteiger partial charge in [-0.15, -0.1) is 0 Å². The number of fused-ring (bicyclic) bond motifs is 1. The normalized spacial score (nSPS) is 14.5. The molecular formula is C21H18ClFN4O2. The molecule has 148 valence electrons. The van der Waals surface area contributed by atoms with Crippen LogP contribution in [0, 0.1) is 11.2 Å². The van der Waals surface area contributed by atoms with Crippen LogP contribution in [0.5, 0.6) is 0 Å². The maximum absolute atomic E-state index is 14.4.